The SMILES string of the molecule is O=C(N/C=C/c1cccc(Br)c1)Nc1cccc(Br)c1. The van der Waals surface area contributed by atoms with Crippen molar-refractivity contribution in [3.8, 4) is 0 Å². The van der Waals surface area contributed by atoms with Gasteiger partial charge in [0.1, 0.15) is 0 Å². The zero-order valence-electron chi connectivity index (χ0n) is 10.4. The van der Waals surface area contributed by atoms with Gasteiger partial charge in [-0.15, -0.1) is 0 Å². The quantitative estimate of drug-likeness (QED) is 0.753. The van der Waals surface area contributed by atoms with Gasteiger partial charge in [-0.2, -0.15) is 0 Å². The summed E-state index contributed by atoms with van der Waals surface area (Å²) in [5.74, 6) is 0. The highest BCUT2D eigenvalue weighted by atomic mass is 79.9. The first-order valence-electron chi connectivity index (χ1n) is 5.89. The molecule has 0 bridgehead atoms. The van der Waals surface area contributed by atoms with Gasteiger partial charge in [0.15, 0.2) is 0 Å². The first-order valence-corrected chi connectivity index (χ1v) is 7.47. The summed E-state index contributed by atoms with van der Waals surface area (Å²) in [4.78, 5) is 11.7. The number of carbonyl (C=O) groups excluding carboxylic acids is 1. The fourth-order valence-corrected chi connectivity index (χ4v) is 2.37. The predicted molar refractivity (Wildman–Crippen MR) is 89.5 cm³/mol. The third kappa shape index (κ3) is 4.83. The largest absolute Gasteiger partial charge is 0.323 e. The van der Waals surface area contributed by atoms with Crippen LogP contribution in [0, 0.1) is 0 Å². The molecule has 0 aliphatic rings. The zero-order chi connectivity index (χ0) is 14.4. The molecular formula is C15H12Br2N2O. The summed E-state index contributed by atoms with van der Waals surface area (Å²) in [5, 5.41) is 5.40. The highest BCUT2D eigenvalue weighted by molar-refractivity contribution is 9.10. The Labute approximate surface area is 134 Å². The maximum absolute atomic E-state index is 11.7. The summed E-state index contributed by atoms with van der Waals surface area (Å²) in [6, 6.07) is 14.9. The average molecular weight is 396 g/mol. The molecule has 102 valence electrons. The molecule has 2 rings (SSSR count). The van der Waals surface area contributed by atoms with Gasteiger partial charge in [-0.1, -0.05) is 50.1 Å². The topological polar surface area (TPSA) is 41.1 Å². The van der Waals surface area contributed by atoms with Gasteiger partial charge in [-0.05, 0) is 42.0 Å². The molecule has 2 amide bonds. The second-order valence-electron chi connectivity index (χ2n) is 4.00. The Kier molecular flexibility index (Phi) is 5.38. The Hall–Kier alpha value is -1.59. The standard InChI is InChI=1S/C15H12Br2N2O/c16-12-4-1-3-11(9-12)7-8-18-15(20)19-14-6-2-5-13(17)10-14/h1-10H,(H2,18,19,20)/b8-7+. The number of amides is 2. The lowest BCUT2D eigenvalue weighted by Gasteiger charge is -2.04. The van der Waals surface area contributed by atoms with E-state index in [2.05, 4.69) is 42.5 Å². The third-order valence-corrected chi connectivity index (χ3v) is 3.41. The van der Waals surface area contributed by atoms with Crippen molar-refractivity contribution in [2.75, 3.05) is 5.32 Å². The number of halogens is 2. The summed E-state index contributed by atoms with van der Waals surface area (Å²) < 4.78 is 1.92. The summed E-state index contributed by atoms with van der Waals surface area (Å²) in [6.07, 6.45) is 3.43. The van der Waals surface area contributed by atoms with E-state index in [0.29, 0.717) is 0 Å². The van der Waals surface area contributed by atoms with Gasteiger partial charge in [0.25, 0.3) is 0 Å². The van der Waals surface area contributed by atoms with Crippen LogP contribution in [-0.2, 0) is 0 Å². The molecule has 0 aliphatic heterocycles. The molecule has 0 unspecified atom stereocenters. The molecule has 2 aromatic carbocycles. The minimum atomic E-state index is -0.283. The van der Waals surface area contributed by atoms with Crippen molar-refractivity contribution in [2.45, 2.75) is 0 Å². The molecule has 0 radical (unpaired) electrons. The molecule has 5 heteroatoms. The smallest absolute Gasteiger partial charge is 0.314 e. The lowest BCUT2D eigenvalue weighted by molar-refractivity contribution is 0.255. The van der Waals surface area contributed by atoms with E-state index in [-0.39, 0.29) is 6.03 Å². The highest BCUT2D eigenvalue weighted by Crippen LogP contribution is 2.15. The van der Waals surface area contributed by atoms with Crippen molar-refractivity contribution in [3.63, 3.8) is 0 Å². The van der Waals surface area contributed by atoms with Gasteiger partial charge in [0.05, 0.1) is 0 Å². The van der Waals surface area contributed by atoms with Gasteiger partial charge >= 0.3 is 6.03 Å². The van der Waals surface area contributed by atoms with Gasteiger partial charge in [0, 0.05) is 20.8 Å². The Bertz CT molecular complexity index is 641. The number of hydrogen-bond donors (Lipinski definition) is 2. The van der Waals surface area contributed by atoms with Crippen molar-refractivity contribution in [2.24, 2.45) is 0 Å². The van der Waals surface area contributed by atoms with E-state index in [1.807, 2.05) is 54.6 Å². The second-order valence-corrected chi connectivity index (χ2v) is 5.83. The Morgan fingerprint density at radius 3 is 2.40 bits per heavy atom. The normalized spacial score (nSPS) is 10.5. The van der Waals surface area contributed by atoms with Gasteiger partial charge in [0.2, 0.25) is 0 Å². The van der Waals surface area contributed by atoms with Crippen molar-refractivity contribution in [3.05, 3.63) is 69.2 Å². The summed E-state index contributed by atoms with van der Waals surface area (Å²) in [7, 11) is 0. The Morgan fingerprint density at radius 2 is 1.70 bits per heavy atom. The fourth-order valence-electron chi connectivity index (χ4n) is 1.56. The minimum absolute atomic E-state index is 0.283. The number of rotatable bonds is 3. The van der Waals surface area contributed by atoms with E-state index in [1.54, 1.807) is 6.20 Å². The fraction of sp³-hybridized carbons (Fsp3) is 0. The van der Waals surface area contributed by atoms with Crippen LogP contribution >= 0.6 is 31.9 Å². The molecule has 0 spiro atoms. The highest BCUT2D eigenvalue weighted by Gasteiger charge is 1.99. The summed E-state index contributed by atoms with van der Waals surface area (Å²) >= 11 is 6.75. The summed E-state index contributed by atoms with van der Waals surface area (Å²) in [5.41, 5.74) is 1.73. The molecule has 3 nitrogen and oxygen atoms in total. The molecule has 0 aliphatic carbocycles. The average Bonchev–Trinajstić information content (AvgIpc) is 2.38. The molecule has 0 saturated heterocycles. The van der Waals surface area contributed by atoms with Crippen LogP contribution in [0.2, 0.25) is 0 Å². The van der Waals surface area contributed by atoms with Crippen LogP contribution in [0.3, 0.4) is 0 Å². The van der Waals surface area contributed by atoms with Crippen LogP contribution < -0.4 is 10.6 Å². The van der Waals surface area contributed by atoms with Crippen molar-refractivity contribution >= 4 is 49.7 Å². The predicted octanol–water partition coefficient (Wildman–Crippen LogP) is 5.00. The lowest BCUT2D eigenvalue weighted by atomic mass is 10.2. The second kappa shape index (κ2) is 7.26. The maximum Gasteiger partial charge on any atom is 0.323 e. The van der Waals surface area contributed by atoms with Crippen LogP contribution in [0.5, 0.6) is 0 Å². The number of nitrogens with one attached hydrogen (secondary N) is 2. The van der Waals surface area contributed by atoms with E-state index in [9.17, 15) is 4.79 Å². The van der Waals surface area contributed by atoms with Crippen LogP contribution in [0.15, 0.2) is 63.7 Å². The van der Waals surface area contributed by atoms with Crippen LogP contribution in [0.25, 0.3) is 6.08 Å². The number of urea groups is 1. The molecule has 0 aromatic heterocycles. The van der Waals surface area contributed by atoms with E-state index in [0.717, 1.165) is 20.2 Å². The molecule has 2 N–H and O–H groups in total. The van der Waals surface area contributed by atoms with Crippen molar-refractivity contribution in [1.82, 2.24) is 5.32 Å². The first kappa shape index (κ1) is 14.8. The van der Waals surface area contributed by atoms with E-state index in [1.165, 1.54) is 0 Å². The van der Waals surface area contributed by atoms with Crippen LogP contribution in [0.1, 0.15) is 5.56 Å². The van der Waals surface area contributed by atoms with Gasteiger partial charge in [-0.3, -0.25) is 0 Å². The first-order chi connectivity index (χ1) is 9.63. The minimum Gasteiger partial charge on any atom is -0.314 e. The molecular weight excluding hydrogens is 384 g/mol. The van der Waals surface area contributed by atoms with E-state index >= 15 is 0 Å². The zero-order valence-corrected chi connectivity index (χ0v) is 13.6. The van der Waals surface area contributed by atoms with Gasteiger partial charge in [-0.25, -0.2) is 4.79 Å². The number of anilines is 1. The maximum atomic E-state index is 11.7. The van der Waals surface area contributed by atoms with E-state index < -0.39 is 0 Å². The third-order valence-electron chi connectivity index (χ3n) is 2.42. The number of carbonyl (C=O) groups is 1. The number of hydrogen-bond acceptors (Lipinski definition) is 1. The van der Waals surface area contributed by atoms with E-state index in [4.69, 9.17) is 0 Å². The van der Waals surface area contributed by atoms with Crippen LogP contribution in [0.4, 0.5) is 10.5 Å². The number of benzene rings is 2. The van der Waals surface area contributed by atoms with Gasteiger partial charge < -0.3 is 10.6 Å². The molecule has 0 fully saturated rings. The Balaban J connectivity index is 1.89. The summed E-state index contributed by atoms with van der Waals surface area (Å²) in [6.45, 7) is 0. The monoisotopic (exact) mass is 394 g/mol. The van der Waals surface area contributed by atoms with Crippen LogP contribution in [-0.4, -0.2) is 6.03 Å². The molecule has 0 atom stereocenters. The Morgan fingerprint density at radius 1 is 1.00 bits per heavy atom. The molecule has 0 heterocycles. The molecule has 20 heavy (non-hydrogen) atoms. The molecule has 2 aromatic rings. The van der Waals surface area contributed by atoms with Crippen molar-refractivity contribution in [1.29, 1.82) is 0 Å². The molecule has 0 saturated carbocycles. The van der Waals surface area contributed by atoms with Crippen molar-refractivity contribution < 1.29 is 4.79 Å². The lowest BCUT2D eigenvalue weighted by Crippen LogP contribution is -2.23.